The molecule has 1 aromatic rings. The Kier molecular flexibility index (Phi) is 5.45. The smallest absolute Gasteiger partial charge is 0.214 e. The second-order valence-electron chi connectivity index (χ2n) is 5.15. The molecule has 1 unspecified atom stereocenters. The van der Waals surface area contributed by atoms with E-state index in [1.165, 1.54) is 24.9 Å². The molecule has 1 aromatic heterocycles. The van der Waals surface area contributed by atoms with Gasteiger partial charge in [-0.05, 0) is 31.9 Å². The van der Waals surface area contributed by atoms with Crippen LogP contribution in [0.2, 0.25) is 0 Å². The summed E-state index contributed by atoms with van der Waals surface area (Å²) < 4.78 is 5.22. The fraction of sp³-hybridized carbons (Fsp3) is 0.667. The van der Waals surface area contributed by atoms with Crippen molar-refractivity contribution >= 4 is 5.69 Å². The molecule has 1 saturated heterocycles. The van der Waals surface area contributed by atoms with Crippen LogP contribution in [0.5, 0.6) is 5.88 Å². The highest BCUT2D eigenvalue weighted by atomic mass is 16.5. The van der Waals surface area contributed by atoms with Crippen LogP contribution in [0.25, 0.3) is 0 Å². The molecule has 2 heterocycles. The lowest BCUT2D eigenvalue weighted by molar-refractivity contribution is 0.394. The number of rotatable bonds is 6. The van der Waals surface area contributed by atoms with Crippen LogP contribution >= 0.6 is 0 Å². The average molecular weight is 263 g/mol. The number of nitrogens with one attached hydrogen (secondary N) is 1. The van der Waals surface area contributed by atoms with Gasteiger partial charge in [-0.2, -0.15) is 0 Å². The number of methoxy groups -OCH3 is 1. The van der Waals surface area contributed by atoms with Crippen LogP contribution < -0.4 is 15.0 Å². The molecule has 0 radical (unpaired) electrons. The zero-order valence-corrected chi connectivity index (χ0v) is 12.1. The van der Waals surface area contributed by atoms with Crippen LogP contribution in [-0.2, 0) is 0 Å². The Labute approximate surface area is 116 Å². The second kappa shape index (κ2) is 7.34. The van der Waals surface area contributed by atoms with Crippen LogP contribution in [0.3, 0.4) is 0 Å². The summed E-state index contributed by atoms with van der Waals surface area (Å²) in [7, 11) is 1.67. The molecule has 19 heavy (non-hydrogen) atoms. The van der Waals surface area contributed by atoms with E-state index in [0.29, 0.717) is 11.9 Å². The molecule has 4 nitrogen and oxygen atoms in total. The molecule has 0 bridgehead atoms. The predicted octanol–water partition coefficient (Wildman–Crippen LogP) is 2.45. The minimum absolute atomic E-state index is 0.611. The standard InChI is InChI=1S/C15H25N3O/c1-3-10-18(12-13-6-4-5-8-16-13)14-7-9-17-15(11-14)19-2/h7,9,11,13,16H,3-6,8,10,12H2,1-2H3. The van der Waals surface area contributed by atoms with E-state index in [4.69, 9.17) is 4.74 Å². The third-order valence-electron chi connectivity index (χ3n) is 3.64. The van der Waals surface area contributed by atoms with Crippen LogP contribution in [0.15, 0.2) is 18.3 Å². The largest absolute Gasteiger partial charge is 0.481 e. The Hall–Kier alpha value is -1.29. The molecule has 1 aliphatic heterocycles. The first kappa shape index (κ1) is 14.1. The molecule has 106 valence electrons. The van der Waals surface area contributed by atoms with E-state index < -0.39 is 0 Å². The van der Waals surface area contributed by atoms with Crippen molar-refractivity contribution < 1.29 is 4.74 Å². The van der Waals surface area contributed by atoms with E-state index in [2.05, 4.69) is 28.2 Å². The van der Waals surface area contributed by atoms with E-state index in [0.717, 1.165) is 26.1 Å². The van der Waals surface area contributed by atoms with Gasteiger partial charge in [0.15, 0.2) is 0 Å². The van der Waals surface area contributed by atoms with Crippen molar-refractivity contribution in [2.45, 2.75) is 38.6 Å². The molecular weight excluding hydrogens is 238 g/mol. The van der Waals surface area contributed by atoms with Gasteiger partial charge in [-0.15, -0.1) is 0 Å². The number of aromatic nitrogens is 1. The molecule has 1 atom stereocenters. The van der Waals surface area contributed by atoms with Crippen molar-refractivity contribution in [1.82, 2.24) is 10.3 Å². The molecule has 4 heteroatoms. The van der Waals surface area contributed by atoms with Gasteiger partial charge in [0.05, 0.1) is 7.11 Å². The van der Waals surface area contributed by atoms with Crippen molar-refractivity contribution in [3.63, 3.8) is 0 Å². The fourth-order valence-corrected chi connectivity index (χ4v) is 2.65. The molecule has 0 saturated carbocycles. The summed E-state index contributed by atoms with van der Waals surface area (Å²) in [6.45, 7) is 5.52. The molecule has 0 spiro atoms. The molecule has 1 N–H and O–H groups in total. The maximum Gasteiger partial charge on any atom is 0.214 e. The highest BCUT2D eigenvalue weighted by Gasteiger charge is 2.17. The van der Waals surface area contributed by atoms with E-state index in [1.807, 2.05) is 12.3 Å². The first-order chi connectivity index (χ1) is 9.33. The van der Waals surface area contributed by atoms with Crippen molar-refractivity contribution in [3.8, 4) is 5.88 Å². The molecule has 0 aromatic carbocycles. The normalized spacial score (nSPS) is 19.2. The van der Waals surface area contributed by atoms with Gasteiger partial charge in [0.2, 0.25) is 5.88 Å². The lowest BCUT2D eigenvalue weighted by atomic mass is 10.0. The number of hydrogen-bond acceptors (Lipinski definition) is 4. The summed E-state index contributed by atoms with van der Waals surface area (Å²) in [5.74, 6) is 0.690. The topological polar surface area (TPSA) is 37.4 Å². The number of hydrogen-bond donors (Lipinski definition) is 1. The van der Waals surface area contributed by atoms with Gasteiger partial charge in [0.1, 0.15) is 0 Å². The van der Waals surface area contributed by atoms with Gasteiger partial charge in [-0.3, -0.25) is 0 Å². The lowest BCUT2D eigenvalue weighted by Gasteiger charge is -2.32. The minimum atomic E-state index is 0.611. The van der Waals surface area contributed by atoms with Gasteiger partial charge < -0.3 is 15.0 Å². The minimum Gasteiger partial charge on any atom is -0.481 e. The summed E-state index contributed by atoms with van der Waals surface area (Å²) in [6.07, 6.45) is 6.91. The quantitative estimate of drug-likeness (QED) is 0.855. The Morgan fingerprint density at radius 1 is 1.47 bits per heavy atom. The van der Waals surface area contributed by atoms with Crippen molar-refractivity contribution in [2.24, 2.45) is 0 Å². The van der Waals surface area contributed by atoms with E-state index in [1.54, 1.807) is 7.11 Å². The molecule has 1 fully saturated rings. The van der Waals surface area contributed by atoms with Gasteiger partial charge in [0.25, 0.3) is 0 Å². The van der Waals surface area contributed by atoms with Gasteiger partial charge in [-0.25, -0.2) is 4.98 Å². The lowest BCUT2D eigenvalue weighted by Crippen LogP contribution is -2.44. The Morgan fingerprint density at radius 2 is 2.37 bits per heavy atom. The van der Waals surface area contributed by atoms with Gasteiger partial charge >= 0.3 is 0 Å². The number of piperidine rings is 1. The number of nitrogens with zero attached hydrogens (tertiary/aromatic N) is 2. The monoisotopic (exact) mass is 263 g/mol. The maximum absolute atomic E-state index is 5.22. The van der Waals surface area contributed by atoms with Gasteiger partial charge in [0, 0.05) is 37.1 Å². The van der Waals surface area contributed by atoms with E-state index in [-0.39, 0.29) is 0 Å². The van der Waals surface area contributed by atoms with Crippen molar-refractivity contribution in [3.05, 3.63) is 18.3 Å². The van der Waals surface area contributed by atoms with Crippen molar-refractivity contribution in [2.75, 3.05) is 31.6 Å². The van der Waals surface area contributed by atoms with E-state index in [9.17, 15) is 0 Å². The molecule has 0 aliphatic carbocycles. The maximum atomic E-state index is 5.22. The SMILES string of the molecule is CCCN(CC1CCCCN1)c1ccnc(OC)c1. The number of pyridine rings is 1. The first-order valence-corrected chi connectivity index (χ1v) is 7.32. The average Bonchev–Trinajstić information content (AvgIpc) is 2.48. The van der Waals surface area contributed by atoms with Crippen LogP contribution in [0, 0.1) is 0 Å². The fourth-order valence-electron chi connectivity index (χ4n) is 2.65. The van der Waals surface area contributed by atoms with E-state index >= 15 is 0 Å². The predicted molar refractivity (Wildman–Crippen MR) is 78.9 cm³/mol. The zero-order chi connectivity index (χ0) is 13.5. The molecule has 0 amide bonds. The molecular formula is C15H25N3O. The third kappa shape index (κ3) is 4.10. The summed E-state index contributed by atoms with van der Waals surface area (Å²) in [5.41, 5.74) is 1.21. The third-order valence-corrected chi connectivity index (χ3v) is 3.64. The highest BCUT2D eigenvalue weighted by Crippen LogP contribution is 2.20. The zero-order valence-electron chi connectivity index (χ0n) is 12.1. The highest BCUT2D eigenvalue weighted by molar-refractivity contribution is 5.48. The first-order valence-electron chi connectivity index (χ1n) is 7.32. The Balaban J connectivity index is 2.04. The summed E-state index contributed by atoms with van der Waals surface area (Å²) >= 11 is 0. The molecule has 1 aliphatic rings. The summed E-state index contributed by atoms with van der Waals surface area (Å²) in [4.78, 5) is 6.62. The Bertz CT molecular complexity index is 377. The van der Waals surface area contributed by atoms with Gasteiger partial charge in [-0.1, -0.05) is 13.3 Å². The van der Waals surface area contributed by atoms with Crippen LogP contribution in [-0.4, -0.2) is 37.8 Å². The second-order valence-corrected chi connectivity index (χ2v) is 5.15. The van der Waals surface area contributed by atoms with Crippen LogP contribution in [0.4, 0.5) is 5.69 Å². The Morgan fingerprint density at radius 3 is 3.05 bits per heavy atom. The summed E-state index contributed by atoms with van der Waals surface area (Å²) in [6, 6.07) is 4.71. The number of ether oxygens (including phenoxy) is 1. The van der Waals surface area contributed by atoms with Crippen molar-refractivity contribution in [1.29, 1.82) is 0 Å². The van der Waals surface area contributed by atoms with Crippen LogP contribution in [0.1, 0.15) is 32.6 Å². The molecule has 2 rings (SSSR count). The summed E-state index contributed by atoms with van der Waals surface area (Å²) in [5, 5.41) is 3.62. The number of anilines is 1.